The van der Waals surface area contributed by atoms with Gasteiger partial charge in [-0.1, -0.05) is 36.4 Å². The average molecular weight is 384 g/mol. The lowest BCUT2D eigenvalue weighted by Crippen LogP contribution is -2.48. The Bertz CT molecular complexity index is 721. The summed E-state index contributed by atoms with van der Waals surface area (Å²) in [6.45, 7) is 4.98. The summed E-state index contributed by atoms with van der Waals surface area (Å²) in [6, 6.07) is 14.9. The van der Waals surface area contributed by atoms with E-state index < -0.39 is 0 Å². The molecule has 144 valence electrons. The number of likely N-dealkylation sites (N-methyl/N-ethyl adjacent to an activating group) is 1. The fourth-order valence-electron chi connectivity index (χ4n) is 4.06. The van der Waals surface area contributed by atoms with Crippen LogP contribution in [-0.4, -0.2) is 55.5 Å². The molecule has 1 N–H and O–H groups in total. The number of nitrogens with zero attached hydrogens (tertiary/aromatic N) is 2. The largest absolute Gasteiger partial charge is 0.354 e. The van der Waals surface area contributed by atoms with Crippen molar-refractivity contribution in [1.82, 2.24) is 15.1 Å². The molecule has 1 aromatic carbocycles. The predicted molar refractivity (Wildman–Crippen MR) is 111 cm³/mol. The highest BCUT2D eigenvalue weighted by Gasteiger charge is 2.37. The standard InChI is InChI=1S/C22H29N3OS/c1-24-11-13-25(14-12-24)19(20-8-5-15-27-20)16-23-22(26)21(18-9-10-18)17-6-3-2-4-7-17/h2-8,15,18-19,21H,9-14,16H2,1H3,(H,23,26). The minimum Gasteiger partial charge on any atom is -0.354 e. The van der Waals surface area contributed by atoms with E-state index in [0.717, 1.165) is 31.7 Å². The molecule has 2 unspecified atom stereocenters. The van der Waals surface area contributed by atoms with Crippen molar-refractivity contribution in [2.45, 2.75) is 24.8 Å². The van der Waals surface area contributed by atoms with Gasteiger partial charge >= 0.3 is 0 Å². The topological polar surface area (TPSA) is 35.6 Å². The average Bonchev–Trinajstić information content (AvgIpc) is 3.37. The second-order valence-corrected chi connectivity index (χ2v) is 8.82. The first-order chi connectivity index (χ1) is 13.2. The fourth-order valence-corrected chi connectivity index (χ4v) is 4.92. The molecule has 2 atom stereocenters. The number of piperazine rings is 1. The van der Waals surface area contributed by atoms with Gasteiger partial charge in [0.25, 0.3) is 0 Å². The van der Waals surface area contributed by atoms with Crippen LogP contribution in [0.5, 0.6) is 0 Å². The molecular weight excluding hydrogens is 354 g/mol. The third kappa shape index (κ3) is 4.60. The Kier molecular flexibility index (Phi) is 5.91. The maximum Gasteiger partial charge on any atom is 0.227 e. The van der Waals surface area contributed by atoms with E-state index in [0.29, 0.717) is 12.5 Å². The number of nitrogens with one attached hydrogen (secondary N) is 1. The Balaban J connectivity index is 1.44. The highest BCUT2D eigenvalue weighted by atomic mass is 32.1. The second kappa shape index (κ2) is 8.55. The molecule has 27 heavy (non-hydrogen) atoms. The Morgan fingerprint density at radius 1 is 1.11 bits per heavy atom. The van der Waals surface area contributed by atoms with Gasteiger partial charge in [-0.15, -0.1) is 11.3 Å². The van der Waals surface area contributed by atoms with E-state index in [9.17, 15) is 4.79 Å². The van der Waals surface area contributed by atoms with Crippen molar-refractivity contribution in [3.8, 4) is 0 Å². The van der Waals surface area contributed by atoms with Gasteiger partial charge in [0, 0.05) is 37.6 Å². The normalized spacial score (nSPS) is 20.9. The molecule has 0 radical (unpaired) electrons. The molecule has 1 saturated heterocycles. The fraction of sp³-hybridized carbons (Fsp3) is 0.500. The summed E-state index contributed by atoms with van der Waals surface area (Å²) in [5.41, 5.74) is 1.16. The van der Waals surface area contributed by atoms with Crippen LogP contribution in [0.25, 0.3) is 0 Å². The van der Waals surface area contributed by atoms with Gasteiger partial charge in [0.1, 0.15) is 0 Å². The van der Waals surface area contributed by atoms with E-state index in [1.807, 2.05) is 18.2 Å². The van der Waals surface area contributed by atoms with E-state index in [-0.39, 0.29) is 17.9 Å². The molecule has 0 bridgehead atoms. The first-order valence-electron chi connectivity index (χ1n) is 10.0. The van der Waals surface area contributed by atoms with Gasteiger partial charge in [0.2, 0.25) is 5.91 Å². The molecule has 5 heteroatoms. The molecule has 2 aliphatic rings. The summed E-state index contributed by atoms with van der Waals surface area (Å²) in [5.74, 6) is 0.707. The van der Waals surface area contributed by atoms with Gasteiger partial charge in [-0.25, -0.2) is 0 Å². The van der Waals surface area contributed by atoms with Gasteiger partial charge in [0.15, 0.2) is 0 Å². The zero-order chi connectivity index (χ0) is 18.6. The smallest absolute Gasteiger partial charge is 0.227 e. The molecule has 1 aromatic heterocycles. The van der Waals surface area contributed by atoms with Gasteiger partial charge in [-0.2, -0.15) is 0 Å². The molecule has 2 fully saturated rings. The van der Waals surface area contributed by atoms with Crippen molar-refractivity contribution in [2.75, 3.05) is 39.8 Å². The van der Waals surface area contributed by atoms with Crippen LogP contribution in [-0.2, 0) is 4.79 Å². The van der Waals surface area contributed by atoms with E-state index in [2.05, 4.69) is 51.8 Å². The highest BCUT2D eigenvalue weighted by Crippen LogP contribution is 2.42. The molecule has 1 aliphatic heterocycles. The van der Waals surface area contributed by atoms with Crippen molar-refractivity contribution in [3.63, 3.8) is 0 Å². The summed E-state index contributed by atoms with van der Waals surface area (Å²) < 4.78 is 0. The van der Waals surface area contributed by atoms with Crippen molar-refractivity contribution < 1.29 is 4.79 Å². The quantitative estimate of drug-likeness (QED) is 0.796. The minimum absolute atomic E-state index is 0.00248. The Morgan fingerprint density at radius 3 is 2.48 bits per heavy atom. The van der Waals surface area contributed by atoms with Crippen molar-refractivity contribution in [2.24, 2.45) is 5.92 Å². The van der Waals surface area contributed by atoms with Crippen LogP contribution in [0.4, 0.5) is 0 Å². The molecular formula is C22H29N3OS. The van der Waals surface area contributed by atoms with Gasteiger partial charge < -0.3 is 10.2 Å². The first-order valence-corrected chi connectivity index (χ1v) is 10.9. The van der Waals surface area contributed by atoms with E-state index in [1.165, 1.54) is 17.7 Å². The Hall–Kier alpha value is -1.69. The minimum atomic E-state index is 0.00248. The van der Waals surface area contributed by atoms with Crippen LogP contribution in [0, 0.1) is 5.92 Å². The molecule has 2 heterocycles. The zero-order valence-electron chi connectivity index (χ0n) is 16.0. The molecule has 4 nitrogen and oxygen atoms in total. The SMILES string of the molecule is CN1CCN(C(CNC(=O)C(c2ccccc2)C2CC2)c2cccs2)CC1. The lowest BCUT2D eigenvalue weighted by atomic mass is 9.93. The summed E-state index contributed by atoms with van der Waals surface area (Å²) >= 11 is 1.79. The predicted octanol–water partition coefficient (Wildman–Crippen LogP) is 3.35. The Morgan fingerprint density at radius 2 is 1.85 bits per heavy atom. The summed E-state index contributed by atoms with van der Waals surface area (Å²) in [6.07, 6.45) is 2.33. The number of rotatable bonds is 7. The van der Waals surface area contributed by atoms with Crippen LogP contribution in [0.15, 0.2) is 47.8 Å². The number of amides is 1. The molecule has 4 rings (SSSR count). The third-order valence-electron chi connectivity index (χ3n) is 5.85. The van der Waals surface area contributed by atoms with E-state index >= 15 is 0 Å². The van der Waals surface area contributed by atoms with Crippen molar-refractivity contribution >= 4 is 17.2 Å². The van der Waals surface area contributed by atoms with Crippen LogP contribution in [0.3, 0.4) is 0 Å². The van der Waals surface area contributed by atoms with Crippen LogP contribution in [0.2, 0.25) is 0 Å². The van der Waals surface area contributed by atoms with Crippen molar-refractivity contribution in [1.29, 1.82) is 0 Å². The number of hydrogen-bond donors (Lipinski definition) is 1. The van der Waals surface area contributed by atoms with E-state index in [1.54, 1.807) is 11.3 Å². The highest BCUT2D eigenvalue weighted by molar-refractivity contribution is 7.10. The summed E-state index contributed by atoms with van der Waals surface area (Å²) in [4.78, 5) is 19.4. The lowest BCUT2D eigenvalue weighted by molar-refractivity contribution is -0.123. The lowest BCUT2D eigenvalue weighted by Gasteiger charge is -2.37. The second-order valence-electron chi connectivity index (χ2n) is 7.84. The van der Waals surface area contributed by atoms with Crippen molar-refractivity contribution in [3.05, 3.63) is 58.3 Å². The Labute approximate surface area is 166 Å². The van der Waals surface area contributed by atoms with Crippen LogP contribution >= 0.6 is 11.3 Å². The number of carbonyl (C=O) groups is 1. The first kappa shape index (κ1) is 18.7. The maximum absolute atomic E-state index is 13.1. The third-order valence-corrected chi connectivity index (χ3v) is 6.83. The zero-order valence-corrected chi connectivity index (χ0v) is 16.8. The number of thiophene rings is 1. The summed E-state index contributed by atoms with van der Waals surface area (Å²) in [7, 11) is 2.18. The maximum atomic E-state index is 13.1. The molecule has 0 spiro atoms. The summed E-state index contributed by atoms with van der Waals surface area (Å²) in [5, 5.41) is 5.45. The molecule has 1 saturated carbocycles. The van der Waals surface area contributed by atoms with Crippen LogP contribution < -0.4 is 5.32 Å². The van der Waals surface area contributed by atoms with Crippen LogP contribution in [0.1, 0.15) is 35.2 Å². The number of benzene rings is 1. The number of carbonyl (C=O) groups excluding carboxylic acids is 1. The monoisotopic (exact) mass is 383 g/mol. The molecule has 1 aliphatic carbocycles. The van der Waals surface area contributed by atoms with Gasteiger partial charge in [0.05, 0.1) is 12.0 Å². The molecule has 2 aromatic rings. The van der Waals surface area contributed by atoms with Gasteiger partial charge in [-0.05, 0) is 42.8 Å². The number of hydrogen-bond acceptors (Lipinski definition) is 4. The van der Waals surface area contributed by atoms with E-state index in [4.69, 9.17) is 0 Å². The molecule has 1 amide bonds. The van der Waals surface area contributed by atoms with Gasteiger partial charge in [-0.3, -0.25) is 9.69 Å².